The Hall–Kier alpha value is -1.67. The lowest BCUT2D eigenvalue weighted by molar-refractivity contribution is 0.414. The van der Waals surface area contributed by atoms with Gasteiger partial charge in [-0.25, -0.2) is 0 Å². The van der Waals surface area contributed by atoms with Crippen molar-refractivity contribution in [3.63, 3.8) is 0 Å². The molecule has 1 aromatic carbocycles. The molecule has 17 heavy (non-hydrogen) atoms. The second kappa shape index (κ2) is 7.58. The molecule has 0 atom stereocenters. The van der Waals surface area contributed by atoms with E-state index in [4.69, 9.17) is 10.00 Å². The van der Waals surface area contributed by atoms with E-state index in [0.717, 1.165) is 12.2 Å². The molecule has 0 spiro atoms. The predicted molar refractivity (Wildman–Crippen MR) is 71.3 cm³/mol. The second-order valence-corrected chi connectivity index (χ2v) is 4.02. The van der Waals surface area contributed by atoms with E-state index in [1.165, 1.54) is 17.3 Å². The van der Waals surface area contributed by atoms with E-state index in [1.54, 1.807) is 7.11 Å². The summed E-state index contributed by atoms with van der Waals surface area (Å²) in [5, 5.41) is 11.7. The monoisotopic (exact) mass is 249 g/mol. The van der Waals surface area contributed by atoms with Crippen molar-refractivity contribution in [3.05, 3.63) is 29.8 Å². The van der Waals surface area contributed by atoms with Crippen molar-refractivity contribution in [3.8, 4) is 11.9 Å². The highest BCUT2D eigenvalue weighted by Gasteiger charge is 1.97. The van der Waals surface area contributed by atoms with Gasteiger partial charge in [0.05, 0.1) is 7.11 Å². The maximum atomic E-state index is 8.48. The number of nitrogens with one attached hydrogen (secondary N) is 1. The number of amidine groups is 1. The minimum atomic E-state index is 0.649. The molecule has 0 bridgehead atoms. The number of hydrogen-bond donors (Lipinski definition) is 1. The van der Waals surface area contributed by atoms with E-state index in [0.29, 0.717) is 11.7 Å². The molecule has 0 unspecified atom stereocenters. The number of benzene rings is 1. The van der Waals surface area contributed by atoms with E-state index in [1.807, 2.05) is 36.7 Å². The van der Waals surface area contributed by atoms with E-state index in [-0.39, 0.29) is 0 Å². The molecule has 0 aromatic heterocycles. The van der Waals surface area contributed by atoms with Crippen LogP contribution in [-0.2, 0) is 6.42 Å². The van der Waals surface area contributed by atoms with Crippen LogP contribution in [0.2, 0.25) is 0 Å². The average Bonchev–Trinajstić information content (AvgIpc) is 2.38. The number of nitrogens with zero attached hydrogens (tertiary/aromatic N) is 2. The van der Waals surface area contributed by atoms with E-state index in [2.05, 4.69) is 10.3 Å². The van der Waals surface area contributed by atoms with Crippen molar-refractivity contribution in [2.75, 3.05) is 19.9 Å². The third-order valence-corrected chi connectivity index (χ3v) is 2.76. The van der Waals surface area contributed by atoms with Crippen LogP contribution in [0, 0.1) is 11.5 Å². The van der Waals surface area contributed by atoms with E-state index >= 15 is 0 Å². The first-order chi connectivity index (χ1) is 8.30. The molecule has 1 aromatic rings. The number of hydrogen-bond acceptors (Lipinski definition) is 4. The van der Waals surface area contributed by atoms with Crippen LogP contribution < -0.4 is 10.1 Å². The van der Waals surface area contributed by atoms with Crippen LogP contribution in [0.3, 0.4) is 0 Å². The molecule has 1 N–H and O–H groups in total. The van der Waals surface area contributed by atoms with Crippen LogP contribution in [0.4, 0.5) is 0 Å². The van der Waals surface area contributed by atoms with Gasteiger partial charge in [-0.3, -0.25) is 10.3 Å². The normalized spacial score (nSPS) is 10.8. The summed E-state index contributed by atoms with van der Waals surface area (Å²) in [7, 11) is 1.65. The lowest BCUT2D eigenvalue weighted by Crippen LogP contribution is -2.13. The molecule has 4 nitrogen and oxygen atoms in total. The van der Waals surface area contributed by atoms with Crippen molar-refractivity contribution in [1.29, 1.82) is 5.26 Å². The summed E-state index contributed by atoms with van der Waals surface area (Å²) in [5.41, 5.74) is 1.17. The molecule has 0 saturated heterocycles. The fourth-order valence-electron chi connectivity index (χ4n) is 1.32. The Kier molecular flexibility index (Phi) is 5.97. The number of methoxy groups -OCH3 is 1. The third kappa shape index (κ3) is 4.79. The molecule has 1 rings (SSSR count). The summed E-state index contributed by atoms with van der Waals surface area (Å²) in [4.78, 5) is 4.29. The molecular formula is C12H15N3OS. The van der Waals surface area contributed by atoms with Crippen LogP contribution >= 0.6 is 11.8 Å². The van der Waals surface area contributed by atoms with Crippen molar-refractivity contribution in [2.45, 2.75) is 6.42 Å². The summed E-state index contributed by atoms with van der Waals surface area (Å²) >= 11 is 1.43. The zero-order valence-electron chi connectivity index (χ0n) is 9.93. The maximum absolute atomic E-state index is 8.48. The molecule has 0 aliphatic carbocycles. The summed E-state index contributed by atoms with van der Waals surface area (Å²) < 4.78 is 5.15. The fraction of sp³-hybridized carbons (Fsp3) is 0.333. The van der Waals surface area contributed by atoms with Crippen LogP contribution in [-0.4, -0.2) is 25.1 Å². The zero-order chi connectivity index (χ0) is 12.5. The minimum Gasteiger partial charge on any atom is -0.497 e. The standard InChI is InChI=1S/C12H15N3OS/c1-16-11-5-3-4-10(8-11)6-7-14-12(17-2)15-9-13/h3-5,8H,6-7H2,1-2H3,(H,14,15). The smallest absolute Gasteiger partial charge is 0.183 e. The van der Waals surface area contributed by atoms with E-state index in [9.17, 15) is 0 Å². The van der Waals surface area contributed by atoms with Crippen LogP contribution in [0.25, 0.3) is 0 Å². The Morgan fingerprint density at radius 3 is 3.06 bits per heavy atom. The third-order valence-electron chi connectivity index (χ3n) is 2.15. The van der Waals surface area contributed by atoms with Gasteiger partial charge >= 0.3 is 0 Å². The van der Waals surface area contributed by atoms with Gasteiger partial charge in [0.1, 0.15) is 5.75 Å². The molecule has 0 heterocycles. The summed E-state index contributed by atoms with van der Waals surface area (Å²) in [6.45, 7) is 0.651. The Bertz CT molecular complexity index is 426. The average molecular weight is 249 g/mol. The predicted octanol–water partition coefficient (Wildman–Crippen LogP) is 2.03. The molecule has 90 valence electrons. The lowest BCUT2D eigenvalue weighted by Gasteiger charge is -2.03. The van der Waals surface area contributed by atoms with E-state index < -0.39 is 0 Å². The van der Waals surface area contributed by atoms with Gasteiger partial charge in [-0.1, -0.05) is 23.9 Å². The number of aliphatic imine (C=N–C) groups is 1. The Balaban J connectivity index is 2.52. The summed E-state index contributed by atoms with van der Waals surface area (Å²) in [5.74, 6) is 0.853. The number of ether oxygens (including phenoxy) is 1. The molecule has 0 amide bonds. The largest absolute Gasteiger partial charge is 0.497 e. The lowest BCUT2D eigenvalue weighted by atomic mass is 10.1. The molecule has 0 radical (unpaired) electrons. The Labute approximate surface area is 106 Å². The molecule has 0 aliphatic heterocycles. The number of rotatable bonds is 4. The van der Waals surface area contributed by atoms with Gasteiger partial charge in [0.2, 0.25) is 0 Å². The Morgan fingerprint density at radius 2 is 2.41 bits per heavy atom. The summed E-state index contributed by atoms with van der Waals surface area (Å²) in [6, 6.07) is 7.90. The molecular weight excluding hydrogens is 234 g/mol. The van der Waals surface area contributed by atoms with Crippen molar-refractivity contribution < 1.29 is 4.74 Å². The maximum Gasteiger partial charge on any atom is 0.183 e. The quantitative estimate of drug-likeness (QED) is 0.384. The van der Waals surface area contributed by atoms with Gasteiger partial charge < -0.3 is 4.74 Å². The number of thioether (sulfide) groups is 1. The van der Waals surface area contributed by atoms with Crippen molar-refractivity contribution in [1.82, 2.24) is 5.32 Å². The molecule has 0 aliphatic rings. The zero-order valence-corrected chi connectivity index (χ0v) is 10.8. The van der Waals surface area contributed by atoms with Crippen LogP contribution in [0.1, 0.15) is 5.56 Å². The van der Waals surface area contributed by atoms with Gasteiger partial charge in [-0.05, 0) is 30.4 Å². The highest BCUT2D eigenvalue weighted by molar-refractivity contribution is 8.13. The molecule has 0 fully saturated rings. The molecule has 0 saturated carbocycles. The second-order valence-electron chi connectivity index (χ2n) is 3.23. The highest BCUT2D eigenvalue weighted by Crippen LogP contribution is 2.12. The van der Waals surface area contributed by atoms with Crippen LogP contribution in [0.5, 0.6) is 5.75 Å². The van der Waals surface area contributed by atoms with Gasteiger partial charge in [-0.2, -0.15) is 5.26 Å². The highest BCUT2D eigenvalue weighted by atomic mass is 32.2. The summed E-state index contributed by atoms with van der Waals surface area (Å²) in [6.07, 6.45) is 4.58. The fourth-order valence-corrected chi connectivity index (χ4v) is 1.69. The SMILES string of the molecule is COc1cccc(CCN=C(NC#N)SC)c1. The number of nitriles is 1. The topological polar surface area (TPSA) is 57.4 Å². The van der Waals surface area contributed by atoms with Crippen molar-refractivity contribution in [2.24, 2.45) is 4.99 Å². The minimum absolute atomic E-state index is 0.649. The van der Waals surface area contributed by atoms with Crippen LogP contribution in [0.15, 0.2) is 29.3 Å². The van der Waals surface area contributed by atoms with Gasteiger partial charge in [-0.15, -0.1) is 0 Å². The van der Waals surface area contributed by atoms with Gasteiger partial charge in [0, 0.05) is 6.54 Å². The Morgan fingerprint density at radius 1 is 1.59 bits per heavy atom. The van der Waals surface area contributed by atoms with Crippen molar-refractivity contribution >= 4 is 16.9 Å². The first kappa shape index (κ1) is 13.4. The first-order valence-electron chi connectivity index (χ1n) is 5.16. The van der Waals surface area contributed by atoms with Gasteiger partial charge in [0.15, 0.2) is 11.4 Å². The first-order valence-corrected chi connectivity index (χ1v) is 6.39. The van der Waals surface area contributed by atoms with Gasteiger partial charge in [0.25, 0.3) is 0 Å². The molecule has 5 heteroatoms.